The average molecular weight is 137 g/mol. The molecule has 0 radical (unpaired) electrons. The first-order chi connectivity index (χ1) is 4.88. The molecule has 1 N–H and O–H groups in total. The lowest BCUT2D eigenvalue weighted by Crippen LogP contribution is -2.12. The van der Waals surface area contributed by atoms with Crippen molar-refractivity contribution in [3.63, 3.8) is 0 Å². The van der Waals surface area contributed by atoms with Crippen LogP contribution in [0, 0.1) is 0 Å². The first kappa shape index (κ1) is 7.09. The Morgan fingerprint density at radius 1 is 1.80 bits per heavy atom. The second-order valence-electron chi connectivity index (χ2n) is 2.02. The van der Waals surface area contributed by atoms with Crippen molar-refractivity contribution in [1.82, 2.24) is 5.32 Å². The highest BCUT2D eigenvalue weighted by Gasteiger charge is 2.04. The van der Waals surface area contributed by atoms with Gasteiger partial charge in [0.2, 0.25) is 0 Å². The molecular formula is C8H11NO. The minimum absolute atomic E-state index is 0.134. The second kappa shape index (κ2) is 3.22. The fourth-order valence-electron chi connectivity index (χ4n) is 0.844. The van der Waals surface area contributed by atoms with Gasteiger partial charge in [-0.25, -0.2) is 0 Å². The number of hydrogen-bond donors (Lipinski definition) is 1. The van der Waals surface area contributed by atoms with Crippen LogP contribution in [0.2, 0.25) is 0 Å². The lowest BCUT2D eigenvalue weighted by Gasteiger charge is -2.05. The Kier molecular flexibility index (Phi) is 2.29. The molecule has 0 saturated carbocycles. The van der Waals surface area contributed by atoms with Crippen LogP contribution in [0.25, 0.3) is 0 Å². The number of furan rings is 1. The summed E-state index contributed by atoms with van der Waals surface area (Å²) in [5, 5.41) is 3.04. The monoisotopic (exact) mass is 137 g/mol. The van der Waals surface area contributed by atoms with Gasteiger partial charge in [-0.3, -0.25) is 0 Å². The molecule has 1 heterocycles. The van der Waals surface area contributed by atoms with Crippen molar-refractivity contribution in [2.45, 2.75) is 6.04 Å². The zero-order valence-corrected chi connectivity index (χ0v) is 6.00. The van der Waals surface area contributed by atoms with Crippen LogP contribution in [0.3, 0.4) is 0 Å². The van der Waals surface area contributed by atoms with Gasteiger partial charge in [0.1, 0.15) is 5.76 Å². The highest BCUT2D eigenvalue weighted by Crippen LogP contribution is 2.12. The molecular weight excluding hydrogens is 126 g/mol. The molecule has 1 aromatic rings. The summed E-state index contributed by atoms with van der Waals surface area (Å²) in [6, 6.07) is 3.92. The van der Waals surface area contributed by atoms with E-state index >= 15 is 0 Å². The van der Waals surface area contributed by atoms with Gasteiger partial charge >= 0.3 is 0 Å². The average Bonchev–Trinajstić information content (AvgIpc) is 2.43. The van der Waals surface area contributed by atoms with Crippen molar-refractivity contribution in [1.29, 1.82) is 0 Å². The van der Waals surface area contributed by atoms with Gasteiger partial charge in [0.15, 0.2) is 0 Å². The maximum absolute atomic E-state index is 5.14. The Morgan fingerprint density at radius 2 is 2.60 bits per heavy atom. The Bertz CT molecular complexity index is 191. The highest BCUT2D eigenvalue weighted by molar-refractivity contribution is 5.09. The summed E-state index contributed by atoms with van der Waals surface area (Å²) in [6.45, 7) is 3.67. The summed E-state index contributed by atoms with van der Waals surface area (Å²) in [5.41, 5.74) is 0. The van der Waals surface area contributed by atoms with Gasteiger partial charge in [-0.05, 0) is 19.2 Å². The summed E-state index contributed by atoms with van der Waals surface area (Å²) in [6.07, 6.45) is 3.46. The third-order valence-electron chi connectivity index (χ3n) is 1.40. The predicted molar refractivity (Wildman–Crippen MR) is 40.7 cm³/mol. The first-order valence-corrected chi connectivity index (χ1v) is 3.21. The quantitative estimate of drug-likeness (QED) is 0.642. The Balaban J connectivity index is 2.73. The lowest BCUT2D eigenvalue weighted by molar-refractivity contribution is 0.469. The van der Waals surface area contributed by atoms with Gasteiger partial charge in [0, 0.05) is 0 Å². The summed E-state index contributed by atoms with van der Waals surface area (Å²) >= 11 is 0. The molecule has 2 nitrogen and oxygen atoms in total. The van der Waals surface area contributed by atoms with Crippen LogP contribution < -0.4 is 5.32 Å². The fourth-order valence-corrected chi connectivity index (χ4v) is 0.844. The van der Waals surface area contributed by atoms with Crippen LogP contribution in [0.4, 0.5) is 0 Å². The molecule has 0 aliphatic carbocycles. The van der Waals surface area contributed by atoms with E-state index in [0.717, 1.165) is 5.76 Å². The van der Waals surface area contributed by atoms with Crippen LogP contribution in [-0.4, -0.2) is 7.05 Å². The molecule has 0 bridgehead atoms. The highest BCUT2D eigenvalue weighted by atomic mass is 16.3. The molecule has 1 atom stereocenters. The van der Waals surface area contributed by atoms with E-state index in [2.05, 4.69) is 11.9 Å². The maximum Gasteiger partial charge on any atom is 0.124 e. The second-order valence-corrected chi connectivity index (χ2v) is 2.02. The van der Waals surface area contributed by atoms with Gasteiger partial charge < -0.3 is 9.73 Å². The molecule has 1 aromatic heterocycles. The van der Waals surface area contributed by atoms with E-state index in [9.17, 15) is 0 Å². The molecule has 0 aliphatic rings. The lowest BCUT2D eigenvalue weighted by atomic mass is 10.2. The molecule has 54 valence electrons. The van der Waals surface area contributed by atoms with Crippen LogP contribution in [0.5, 0.6) is 0 Å². The van der Waals surface area contributed by atoms with E-state index in [0.29, 0.717) is 0 Å². The van der Waals surface area contributed by atoms with E-state index < -0.39 is 0 Å². The number of likely N-dealkylation sites (N-methyl/N-ethyl adjacent to an activating group) is 1. The molecule has 0 amide bonds. The van der Waals surface area contributed by atoms with E-state index in [4.69, 9.17) is 4.42 Å². The summed E-state index contributed by atoms with van der Waals surface area (Å²) in [4.78, 5) is 0. The van der Waals surface area contributed by atoms with Gasteiger partial charge in [0.25, 0.3) is 0 Å². The summed E-state index contributed by atoms with van der Waals surface area (Å²) in [5.74, 6) is 0.900. The standard InChI is InChI=1S/C8H11NO/c1-3-7(9-2)8-5-4-6-10-8/h3-7,9H,1H2,2H3. The largest absolute Gasteiger partial charge is 0.467 e. The summed E-state index contributed by atoms with van der Waals surface area (Å²) < 4.78 is 5.14. The van der Waals surface area contributed by atoms with Gasteiger partial charge in [-0.15, -0.1) is 6.58 Å². The third kappa shape index (κ3) is 1.28. The maximum atomic E-state index is 5.14. The van der Waals surface area contributed by atoms with Gasteiger partial charge in [-0.1, -0.05) is 6.08 Å². The molecule has 0 fully saturated rings. The van der Waals surface area contributed by atoms with Gasteiger partial charge in [0.05, 0.1) is 12.3 Å². The zero-order chi connectivity index (χ0) is 7.40. The molecule has 0 saturated heterocycles. The van der Waals surface area contributed by atoms with E-state index in [-0.39, 0.29) is 6.04 Å². The topological polar surface area (TPSA) is 25.2 Å². The molecule has 1 unspecified atom stereocenters. The van der Waals surface area contributed by atoms with Crippen molar-refractivity contribution < 1.29 is 4.42 Å². The number of rotatable bonds is 3. The first-order valence-electron chi connectivity index (χ1n) is 3.21. The van der Waals surface area contributed by atoms with Crippen LogP contribution >= 0.6 is 0 Å². The number of hydrogen-bond acceptors (Lipinski definition) is 2. The SMILES string of the molecule is C=CC(NC)c1ccco1. The van der Waals surface area contributed by atoms with Crippen molar-refractivity contribution >= 4 is 0 Å². The third-order valence-corrected chi connectivity index (χ3v) is 1.40. The summed E-state index contributed by atoms with van der Waals surface area (Å²) in [7, 11) is 1.87. The van der Waals surface area contributed by atoms with Crippen molar-refractivity contribution in [2.75, 3.05) is 7.05 Å². The normalized spacial score (nSPS) is 12.9. The molecule has 0 aliphatic heterocycles. The molecule has 0 spiro atoms. The zero-order valence-electron chi connectivity index (χ0n) is 6.00. The van der Waals surface area contributed by atoms with Gasteiger partial charge in [-0.2, -0.15) is 0 Å². The molecule has 2 heteroatoms. The smallest absolute Gasteiger partial charge is 0.124 e. The Morgan fingerprint density at radius 3 is 3.00 bits per heavy atom. The Hall–Kier alpha value is -1.02. The van der Waals surface area contributed by atoms with E-state index in [1.54, 1.807) is 12.3 Å². The van der Waals surface area contributed by atoms with Crippen molar-refractivity contribution in [2.24, 2.45) is 0 Å². The van der Waals surface area contributed by atoms with Crippen LogP contribution in [0.15, 0.2) is 35.5 Å². The van der Waals surface area contributed by atoms with E-state index in [1.807, 2.05) is 19.2 Å². The Labute approximate surface area is 60.5 Å². The van der Waals surface area contributed by atoms with E-state index in [1.165, 1.54) is 0 Å². The van der Waals surface area contributed by atoms with Crippen LogP contribution in [0.1, 0.15) is 11.8 Å². The fraction of sp³-hybridized carbons (Fsp3) is 0.250. The van der Waals surface area contributed by atoms with Crippen LogP contribution in [-0.2, 0) is 0 Å². The minimum Gasteiger partial charge on any atom is -0.467 e. The molecule has 1 rings (SSSR count). The number of nitrogens with one attached hydrogen (secondary N) is 1. The minimum atomic E-state index is 0.134. The van der Waals surface area contributed by atoms with Crippen molar-refractivity contribution in [3.8, 4) is 0 Å². The molecule has 10 heavy (non-hydrogen) atoms. The molecule has 0 aromatic carbocycles. The van der Waals surface area contributed by atoms with Crippen molar-refractivity contribution in [3.05, 3.63) is 36.8 Å². The predicted octanol–water partition coefficient (Wildman–Crippen LogP) is 1.73.